The number of rotatable bonds is 3. The van der Waals surface area contributed by atoms with Crippen LogP contribution in [0, 0.1) is 5.92 Å². The van der Waals surface area contributed by atoms with Gasteiger partial charge in [0.05, 0.1) is 6.04 Å². The highest BCUT2D eigenvalue weighted by Crippen LogP contribution is 2.45. The quantitative estimate of drug-likeness (QED) is 0.529. The van der Waals surface area contributed by atoms with Gasteiger partial charge in [-0.3, -0.25) is 4.79 Å². The summed E-state index contributed by atoms with van der Waals surface area (Å²) in [5, 5.41) is 14.8. The zero-order valence-corrected chi connectivity index (χ0v) is 15.2. The predicted octanol–water partition coefficient (Wildman–Crippen LogP) is 3.61. The van der Waals surface area contributed by atoms with Crippen molar-refractivity contribution in [1.82, 2.24) is 10.6 Å². The van der Waals surface area contributed by atoms with Crippen molar-refractivity contribution in [2.75, 3.05) is 0 Å². The Balaban J connectivity index is 2.19. The molecule has 1 aliphatic heterocycles. The number of aliphatic hydroxyl groups is 1. The monoisotopic (exact) mass is 414 g/mol. The van der Waals surface area contributed by atoms with Crippen molar-refractivity contribution in [2.24, 2.45) is 5.92 Å². The fraction of sp³-hybridized carbons (Fsp3) is 0.222. The van der Waals surface area contributed by atoms with Gasteiger partial charge in [0.15, 0.2) is 10.9 Å². The average Bonchev–Trinajstić information content (AvgIpc) is 2.61. The Bertz CT molecular complexity index is 878. The molecule has 1 aliphatic rings. The highest BCUT2D eigenvalue weighted by atomic mass is 35.5. The summed E-state index contributed by atoms with van der Waals surface area (Å²) in [7, 11) is 0. The summed E-state index contributed by atoms with van der Waals surface area (Å²) in [5.74, 6) is -2.87. The Kier molecular flexibility index (Phi) is 5.16. The van der Waals surface area contributed by atoms with E-state index in [0.717, 1.165) is 0 Å². The van der Waals surface area contributed by atoms with Crippen LogP contribution < -0.4 is 10.6 Å². The zero-order chi connectivity index (χ0) is 19.8. The van der Waals surface area contributed by atoms with Crippen molar-refractivity contribution in [3.05, 3.63) is 70.7 Å². The number of alkyl halides is 3. The maximum atomic E-state index is 13.8. The van der Waals surface area contributed by atoms with Gasteiger partial charge in [-0.2, -0.15) is 13.2 Å². The van der Waals surface area contributed by atoms with Gasteiger partial charge in [-0.25, -0.2) is 0 Å². The number of hydrogen-bond acceptors (Lipinski definition) is 3. The first kappa shape index (κ1) is 19.6. The Labute approximate surface area is 163 Å². The largest absolute Gasteiger partial charge is 0.437 e. The molecule has 1 fully saturated rings. The number of halogens is 4. The second kappa shape index (κ2) is 7.10. The second-order valence-electron chi connectivity index (χ2n) is 6.07. The van der Waals surface area contributed by atoms with Crippen LogP contribution in [0.25, 0.3) is 0 Å². The van der Waals surface area contributed by atoms with Crippen molar-refractivity contribution in [2.45, 2.75) is 17.9 Å². The van der Waals surface area contributed by atoms with Gasteiger partial charge < -0.3 is 15.7 Å². The highest BCUT2D eigenvalue weighted by Gasteiger charge is 2.65. The van der Waals surface area contributed by atoms with Gasteiger partial charge in [0.25, 0.3) is 0 Å². The normalized spacial score (nSPS) is 25.4. The number of carbonyl (C=O) groups is 1. The molecular weight excluding hydrogens is 401 g/mol. The van der Waals surface area contributed by atoms with E-state index in [-0.39, 0.29) is 16.1 Å². The summed E-state index contributed by atoms with van der Waals surface area (Å²) < 4.78 is 41.5. The fourth-order valence-corrected chi connectivity index (χ4v) is 3.64. The molecule has 0 radical (unpaired) electrons. The van der Waals surface area contributed by atoms with E-state index in [0.29, 0.717) is 0 Å². The molecule has 3 rings (SSSR count). The van der Waals surface area contributed by atoms with Crippen LogP contribution in [0.15, 0.2) is 54.6 Å². The smallest absolute Gasteiger partial charge is 0.363 e. The molecule has 4 nitrogen and oxygen atoms in total. The van der Waals surface area contributed by atoms with E-state index in [1.807, 2.05) is 5.32 Å². The number of carbonyl (C=O) groups excluding carboxylic acids is 1. The molecule has 1 heterocycles. The Morgan fingerprint density at radius 3 is 2.30 bits per heavy atom. The van der Waals surface area contributed by atoms with Gasteiger partial charge in [-0.15, -0.1) is 0 Å². The van der Waals surface area contributed by atoms with Gasteiger partial charge in [0.2, 0.25) is 5.72 Å². The lowest BCUT2D eigenvalue weighted by Gasteiger charge is -2.46. The van der Waals surface area contributed by atoms with E-state index in [4.69, 9.17) is 23.8 Å². The molecule has 0 bridgehead atoms. The van der Waals surface area contributed by atoms with Crippen molar-refractivity contribution in [3.63, 3.8) is 0 Å². The number of Topliss-reactive ketones (excluding diaryl/α,β-unsaturated/α-hetero) is 1. The molecular formula is C18H14ClF3N2O2S. The van der Waals surface area contributed by atoms with Crippen LogP contribution >= 0.6 is 23.8 Å². The van der Waals surface area contributed by atoms with Crippen molar-refractivity contribution in [3.8, 4) is 0 Å². The molecule has 2 aromatic carbocycles. The summed E-state index contributed by atoms with van der Waals surface area (Å²) in [6, 6.07) is 12.3. The van der Waals surface area contributed by atoms with E-state index < -0.39 is 34.8 Å². The van der Waals surface area contributed by atoms with Crippen LogP contribution in [0.3, 0.4) is 0 Å². The minimum atomic E-state index is -5.17. The lowest BCUT2D eigenvalue weighted by atomic mass is 9.77. The first-order valence-electron chi connectivity index (χ1n) is 7.86. The summed E-state index contributed by atoms with van der Waals surface area (Å²) in [4.78, 5) is 13.0. The highest BCUT2D eigenvalue weighted by molar-refractivity contribution is 7.80. The van der Waals surface area contributed by atoms with Crippen LogP contribution in [0.1, 0.15) is 22.0 Å². The van der Waals surface area contributed by atoms with Crippen LogP contribution in [0.2, 0.25) is 5.02 Å². The minimum absolute atomic E-state index is 0.0265. The molecule has 0 aliphatic carbocycles. The molecule has 0 saturated carbocycles. The number of ketones is 1. The molecule has 1 saturated heterocycles. The first-order chi connectivity index (χ1) is 12.6. The van der Waals surface area contributed by atoms with Gasteiger partial charge in [0.1, 0.15) is 5.92 Å². The van der Waals surface area contributed by atoms with E-state index in [9.17, 15) is 23.1 Å². The Morgan fingerprint density at radius 1 is 1.11 bits per heavy atom. The second-order valence-corrected chi connectivity index (χ2v) is 6.89. The maximum absolute atomic E-state index is 13.8. The number of nitrogens with one attached hydrogen (secondary N) is 2. The summed E-state index contributed by atoms with van der Waals surface area (Å²) in [6.07, 6.45) is -5.17. The lowest BCUT2D eigenvalue weighted by Crippen LogP contribution is -2.72. The van der Waals surface area contributed by atoms with E-state index in [1.54, 1.807) is 18.2 Å². The van der Waals surface area contributed by atoms with Gasteiger partial charge in [-0.1, -0.05) is 60.1 Å². The molecule has 0 amide bonds. The van der Waals surface area contributed by atoms with Crippen molar-refractivity contribution in [1.29, 1.82) is 0 Å². The van der Waals surface area contributed by atoms with Crippen LogP contribution in [0.4, 0.5) is 13.2 Å². The molecule has 27 heavy (non-hydrogen) atoms. The number of benzene rings is 2. The molecule has 0 aromatic heterocycles. The van der Waals surface area contributed by atoms with Gasteiger partial charge in [-0.05, 0) is 23.8 Å². The zero-order valence-electron chi connectivity index (χ0n) is 13.6. The first-order valence-corrected chi connectivity index (χ1v) is 8.65. The Morgan fingerprint density at radius 2 is 1.70 bits per heavy atom. The SMILES string of the molecule is O=C(c1ccccc1)[C@@H]1[C@@H](c2ccccc2Cl)NC(=S)N[C@]1(O)C(F)(F)F. The van der Waals surface area contributed by atoms with Gasteiger partial charge in [0, 0.05) is 10.6 Å². The topological polar surface area (TPSA) is 61.4 Å². The van der Waals surface area contributed by atoms with Crippen LogP contribution in [0.5, 0.6) is 0 Å². The third-order valence-corrected chi connectivity index (χ3v) is 4.95. The number of thiocarbonyl (C=S) groups is 1. The summed E-state index contributed by atoms with van der Waals surface area (Å²) >= 11 is 11.0. The molecule has 2 aromatic rings. The third-order valence-electron chi connectivity index (χ3n) is 4.39. The molecule has 142 valence electrons. The summed E-state index contributed by atoms with van der Waals surface area (Å²) in [5.41, 5.74) is -3.31. The molecule has 3 N–H and O–H groups in total. The Hall–Kier alpha value is -2.16. The van der Waals surface area contributed by atoms with E-state index >= 15 is 0 Å². The summed E-state index contributed by atoms with van der Waals surface area (Å²) in [6.45, 7) is 0. The predicted molar refractivity (Wildman–Crippen MR) is 98.3 cm³/mol. The van der Waals surface area contributed by atoms with Crippen LogP contribution in [-0.4, -0.2) is 27.9 Å². The average molecular weight is 415 g/mol. The van der Waals surface area contributed by atoms with Crippen LogP contribution in [-0.2, 0) is 0 Å². The fourth-order valence-electron chi connectivity index (χ4n) is 3.11. The number of hydrogen-bond donors (Lipinski definition) is 3. The van der Waals surface area contributed by atoms with E-state index in [1.165, 1.54) is 36.4 Å². The molecule has 9 heteroatoms. The lowest BCUT2D eigenvalue weighted by molar-refractivity contribution is -0.285. The maximum Gasteiger partial charge on any atom is 0.437 e. The standard InChI is InChI=1S/C18H14ClF3N2O2S/c19-12-9-5-4-8-11(12)14-13(15(25)10-6-2-1-3-7-10)17(26,18(20,21)22)24-16(27)23-14/h1-9,13-14,26H,(H2,23,24,27)/t13-,14+,17+/m0/s1. The molecule has 0 spiro atoms. The van der Waals surface area contributed by atoms with Crippen molar-refractivity contribution >= 4 is 34.7 Å². The molecule has 0 unspecified atom stereocenters. The minimum Gasteiger partial charge on any atom is -0.363 e. The van der Waals surface area contributed by atoms with Gasteiger partial charge >= 0.3 is 6.18 Å². The molecule has 3 atom stereocenters. The third kappa shape index (κ3) is 3.52. The van der Waals surface area contributed by atoms with E-state index in [2.05, 4.69) is 5.32 Å². The van der Waals surface area contributed by atoms with Crippen molar-refractivity contribution < 1.29 is 23.1 Å².